The van der Waals surface area contributed by atoms with E-state index in [0.717, 1.165) is 11.1 Å². The average molecular weight is 281 g/mol. The van der Waals surface area contributed by atoms with E-state index in [-0.39, 0.29) is 5.91 Å². The molecule has 1 aromatic heterocycles. The number of carbonyl (C=O) groups is 1. The third kappa shape index (κ3) is 2.57. The molecule has 0 aliphatic rings. The lowest BCUT2D eigenvalue weighted by Crippen LogP contribution is -2.12. The third-order valence-corrected chi connectivity index (χ3v) is 3.44. The molecular formula is C15H11N3OS. The predicted octanol–water partition coefficient (Wildman–Crippen LogP) is 3.46. The Morgan fingerprint density at radius 1 is 1.00 bits per heavy atom. The van der Waals surface area contributed by atoms with Crippen LogP contribution < -0.4 is 5.32 Å². The van der Waals surface area contributed by atoms with Gasteiger partial charge in [-0.15, -0.1) is 10.2 Å². The van der Waals surface area contributed by atoms with Gasteiger partial charge in [0.1, 0.15) is 5.51 Å². The van der Waals surface area contributed by atoms with Crippen LogP contribution in [0.2, 0.25) is 0 Å². The molecule has 5 heteroatoms. The molecule has 3 rings (SSSR count). The first-order valence-electron chi connectivity index (χ1n) is 6.06. The highest BCUT2D eigenvalue weighted by atomic mass is 32.1. The lowest BCUT2D eigenvalue weighted by atomic mass is 9.99. The Morgan fingerprint density at radius 3 is 2.50 bits per heavy atom. The molecular weight excluding hydrogens is 270 g/mol. The molecule has 0 aliphatic carbocycles. The van der Waals surface area contributed by atoms with Gasteiger partial charge in [0.05, 0.1) is 0 Å². The summed E-state index contributed by atoms with van der Waals surface area (Å²) >= 11 is 1.29. The van der Waals surface area contributed by atoms with E-state index in [1.165, 1.54) is 11.3 Å². The van der Waals surface area contributed by atoms with Crippen LogP contribution >= 0.6 is 11.3 Å². The van der Waals surface area contributed by atoms with Gasteiger partial charge in [-0.05, 0) is 17.2 Å². The molecule has 0 saturated carbocycles. The first-order valence-corrected chi connectivity index (χ1v) is 6.94. The number of nitrogens with zero attached hydrogens (tertiary/aromatic N) is 2. The summed E-state index contributed by atoms with van der Waals surface area (Å²) < 4.78 is 0. The number of hydrogen-bond acceptors (Lipinski definition) is 4. The van der Waals surface area contributed by atoms with Gasteiger partial charge in [0.15, 0.2) is 0 Å². The summed E-state index contributed by atoms with van der Waals surface area (Å²) in [5, 5.41) is 10.8. The summed E-state index contributed by atoms with van der Waals surface area (Å²) in [6.45, 7) is 0. The highest BCUT2D eigenvalue weighted by molar-refractivity contribution is 7.13. The summed E-state index contributed by atoms with van der Waals surface area (Å²) in [6.07, 6.45) is 0. The van der Waals surface area contributed by atoms with Gasteiger partial charge in [-0.3, -0.25) is 10.1 Å². The van der Waals surface area contributed by atoms with Crippen LogP contribution in [0.25, 0.3) is 11.1 Å². The number of rotatable bonds is 3. The zero-order chi connectivity index (χ0) is 13.8. The maximum atomic E-state index is 12.3. The molecule has 1 amide bonds. The Balaban J connectivity index is 1.96. The van der Waals surface area contributed by atoms with Crippen LogP contribution in [0, 0.1) is 0 Å². The Hall–Kier alpha value is -2.53. The largest absolute Gasteiger partial charge is 0.296 e. The number of anilines is 1. The molecule has 2 aromatic carbocycles. The minimum atomic E-state index is -0.179. The zero-order valence-electron chi connectivity index (χ0n) is 10.5. The number of nitrogens with one attached hydrogen (secondary N) is 1. The van der Waals surface area contributed by atoms with Gasteiger partial charge in [0.2, 0.25) is 5.13 Å². The molecule has 3 aromatic rings. The topological polar surface area (TPSA) is 54.9 Å². The molecule has 98 valence electrons. The smallest absolute Gasteiger partial charge is 0.258 e. The number of carbonyl (C=O) groups excluding carboxylic acids is 1. The third-order valence-electron chi connectivity index (χ3n) is 2.84. The molecule has 1 heterocycles. The fourth-order valence-corrected chi connectivity index (χ4v) is 2.38. The molecule has 1 N–H and O–H groups in total. The van der Waals surface area contributed by atoms with E-state index >= 15 is 0 Å². The van der Waals surface area contributed by atoms with Gasteiger partial charge in [-0.2, -0.15) is 0 Å². The van der Waals surface area contributed by atoms with Gasteiger partial charge in [0, 0.05) is 5.56 Å². The fourth-order valence-electron chi connectivity index (χ4n) is 1.94. The maximum absolute atomic E-state index is 12.3. The van der Waals surface area contributed by atoms with Crippen molar-refractivity contribution >= 4 is 22.4 Å². The van der Waals surface area contributed by atoms with Gasteiger partial charge in [-0.1, -0.05) is 59.9 Å². The van der Waals surface area contributed by atoms with Crippen LogP contribution in [0.15, 0.2) is 60.1 Å². The molecule has 0 radical (unpaired) electrons. The molecule has 0 spiro atoms. The Bertz CT molecular complexity index is 711. The van der Waals surface area contributed by atoms with Crippen LogP contribution in [0.1, 0.15) is 10.4 Å². The summed E-state index contributed by atoms with van der Waals surface area (Å²) in [5.74, 6) is -0.179. The van der Waals surface area contributed by atoms with Crippen LogP contribution in [-0.2, 0) is 0 Å². The van der Waals surface area contributed by atoms with Crippen molar-refractivity contribution in [2.24, 2.45) is 0 Å². The van der Waals surface area contributed by atoms with Crippen molar-refractivity contribution in [3.63, 3.8) is 0 Å². The molecule has 0 atom stereocenters. The lowest BCUT2D eigenvalue weighted by Gasteiger charge is -2.08. The maximum Gasteiger partial charge on any atom is 0.258 e. The summed E-state index contributed by atoms with van der Waals surface area (Å²) in [7, 11) is 0. The lowest BCUT2D eigenvalue weighted by molar-refractivity contribution is 0.102. The zero-order valence-corrected chi connectivity index (χ0v) is 11.3. The molecule has 0 bridgehead atoms. The van der Waals surface area contributed by atoms with Crippen LogP contribution in [-0.4, -0.2) is 16.1 Å². The quantitative estimate of drug-likeness (QED) is 0.800. The average Bonchev–Trinajstić information content (AvgIpc) is 3.01. The molecule has 4 nitrogen and oxygen atoms in total. The second-order valence-electron chi connectivity index (χ2n) is 4.11. The Kier molecular flexibility index (Phi) is 3.52. The Morgan fingerprint density at radius 2 is 1.75 bits per heavy atom. The highest BCUT2D eigenvalue weighted by Gasteiger charge is 2.13. The number of benzene rings is 2. The predicted molar refractivity (Wildman–Crippen MR) is 79.7 cm³/mol. The van der Waals surface area contributed by atoms with E-state index in [9.17, 15) is 4.79 Å². The van der Waals surface area contributed by atoms with Crippen LogP contribution in [0.3, 0.4) is 0 Å². The van der Waals surface area contributed by atoms with Crippen LogP contribution in [0.5, 0.6) is 0 Å². The van der Waals surface area contributed by atoms with Crippen molar-refractivity contribution in [3.05, 3.63) is 65.7 Å². The first kappa shape index (κ1) is 12.5. The second kappa shape index (κ2) is 5.63. The molecule has 0 unspecified atom stereocenters. The highest BCUT2D eigenvalue weighted by Crippen LogP contribution is 2.24. The van der Waals surface area contributed by atoms with Gasteiger partial charge < -0.3 is 0 Å². The van der Waals surface area contributed by atoms with E-state index in [0.29, 0.717) is 10.7 Å². The molecule has 20 heavy (non-hydrogen) atoms. The number of aromatic nitrogens is 2. The number of hydrogen-bond donors (Lipinski definition) is 1. The van der Waals surface area contributed by atoms with Crippen molar-refractivity contribution in [1.82, 2.24) is 10.2 Å². The van der Waals surface area contributed by atoms with E-state index in [2.05, 4.69) is 15.5 Å². The van der Waals surface area contributed by atoms with Gasteiger partial charge in [0.25, 0.3) is 5.91 Å². The van der Waals surface area contributed by atoms with Crippen molar-refractivity contribution in [1.29, 1.82) is 0 Å². The van der Waals surface area contributed by atoms with E-state index in [1.54, 1.807) is 11.6 Å². The van der Waals surface area contributed by atoms with E-state index in [1.807, 2.05) is 48.5 Å². The van der Waals surface area contributed by atoms with Crippen molar-refractivity contribution in [2.75, 3.05) is 5.32 Å². The first-order chi connectivity index (χ1) is 9.84. The minimum absolute atomic E-state index is 0.179. The standard InChI is InChI=1S/C15H11N3OS/c19-14(17-15-18-16-10-20-15)13-9-5-4-8-12(13)11-6-2-1-3-7-11/h1-10H,(H,17,18,19). The monoisotopic (exact) mass is 281 g/mol. The molecule has 0 fully saturated rings. The normalized spacial score (nSPS) is 10.2. The van der Waals surface area contributed by atoms with Crippen molar-refractivity contribution in [3.8, 4) is 11.1 Å². The van der Waals surface area contributed by atoms with Crippen molar-refractivity contribution in [2.45, 2.75) is 0 Å². The van der Waals surface area contributed by atoms with Gasteiger partial charge in [-0.25, -0.2) is 0 Å². The summed E-state index contributed by atoms with van der Waals surface area (Å²) in [4.78, 5) is 12.3. The summed E-state index contributed by atoms with van der Waals surface area (Å²) in [5.41, 5.74) is 4.11. The number of amides is 1. The van der Waals surface area contributed by atoms with E-state index in [4.69, 9.17) is 0 Å². The Labute approximate surface area is 120 Å². The minimum Gasteiger partial charge on any atom is -0.296 e. The van der Waals surface area contributed by atoms with Gasteiger partial charge >= 0.3 is 0 Å². The molecule has 0 saturated heterocycles. The van der Waals surface area contributed by atoms with Crippen LogP contribution in [0.4, 0.5) is 5.13 Å². The van der Waals surface area contributed by atoms with Crippen molar-refractivity contribution < 1.29 is 4.79 Å². The molecule has 0 aliphatic heterocycles. The summed E-state index contributed by atoms with van der Waals surface area (Å²) in [6, 6.07) is 17.3. The van der Waals surface area contributed by atoms with E-state index < -0.39 is 0 Å². The second-order valence-corrected chi connectivity index (χ2v) is 4.94. The fraction of sp³-hybridized carbons (Fsp3) is 0. The SMILES string of the molecule is O=C(Nc1nncs1)c1ccccc1-c1ccccc1.